The van der Waals surface area contributed by atoms with Crippen molar-refractivity contribution in [2.45, 2.75) is 45.6 Å². The van der Waals surface area contributed by atoms with E-state index in [0.717, 1.165) is 12.0 Å². The van der Waals surface area contributed by atoms with Crippen LogP contribution >= 0.6 is 0 Å². The minimum absolute atomic E-state index is 0.132. The van der Waals surface area contributed by atoms with Gasteiger partial charge in [-0.25, -0.2) is 0 Å². The first-order valence-corrected chi connectivity index (χ1v) is 5.21. The summed E-state index contributed by atoms with van der Waals surface area (Å²) in [6.07, 6.45) is 0.588. The lowest BCUT2D eigenvalue weighted by Gasteiger charge is -2.19. The van der Waals surface area contributed by atoms with E-state index in [1.165, 1.54) is 16.7 Å². The van der Waals surface area contributed by atoms with Crippen LogP contribution in [-0.2, 0) is 5.41 Å². The van der Waals surface area contributed by atoms with Gasteiger partial charge in [0.1, 0.15) is 0 Å². The van der Waals surface area contributed by atoms with Crippen molar-refractivity contribution in [2.75, 3.05) is 0 Å². The van der Waals surface area contributed by atoms with Gasteiger partial charge in [0.15, 0.2) is 0 Å². The third-order valence-electron chi connectivity index (χ3n) is 3.46. The van der Waals surface area contributed by atoms with E-state index < -0.39 is 0 Å². The fraction of sp³-hybridized carbons (Fsp3) is 0.538. The molecular weight excluding hydrogens is 172 g/mol. The summed E-state index contributed by atoms with van der Waals surface area (Å²) in [5.41, 5.74) is 5.20. The zero-order valence-electron chi connectivity index (χ0n) is 9.39. The van der Waals surface area contributed by atoms with Crippen molar-refractivity contribution in [1.29, 1.82) is 0 Å². The Morgan fingerprint density at radius 2 is 1.79 bits per heavy atom. The molecule has 1 aliphatic carbocycles. The molecule has 1 heteroatoms. The van der Waals surface area contributed by atoms with E-state index in [2.05, 4.69) is 39.8 Å². The van der Waals surface area contributed by atoms with E-state index in [0.29, 0.717) is 0 Å². The second-order valence-electron chi connectivity index (χ2n) is 5.13. The van der Waals surface area contributed by atoms with Crippen LogP contribution < -0.4 is 0 Å². The highest BCUT2D eigenvalue weighted by Gasteiger charge is 2.35. The molecule has 14 heavy (non-hydrogen) atoms. The Kier molecular flexibility index (Phi) is 1.97. The molecule has 0 amide bonds. The molecule has 1 aliphatic rings. The summed E-state index contributed by atoms with van der Waals surface area (Å²) in [5.74, 6) is 0. The molecule has 1 N–H and O–H groups in total. The van der Waals surface area contributed by atoms with Crippen LogP contribution in [0, 0.1) is 13.8 Å². The van der Waals surface area contributed by atoms with Crippen molar-refractivity contribution in [3.63, 3.8) is 0 Å². The molecule has 0 aliphatic heterocycles. The summed E-state index contributed by atoms with van der Waals surface area (Å²) in [7, 11) is 0. The van der Waals surface area contributed by atoms with Crippen LogP contribution in [0.4, 0.5) is 0 Å². The zero-order valence-corrected chi connectivity index (χ0v) is 9.39. The van der Waals surface area contributed by atoms with Crippen LogP contribution in [0.1, 0.15) is 48.6 Å². The van der Waals surface area contributed by atoms with Gasteiger partial charge in [0.2, 0.25) is 0 Å². The van der Waals surface area contributed by atoms with Crippen LogP contribution in [0.3, 0.4) is 0 Å². The Bertz CT molecular complexity index is 377. The fourth-order valence-corrected chi connectivity index (χ4v) is 2.40. The molecule has 0 bridgehead atoms. The second kappa shape index (κ2) is 2.83. The molecule has 0 aromatic heterocycles. The summed E-state index contributed by atoms with van der Waals surface area (Å²) in [6, 6.07) is 4.38. The Balaban J connectivity index is 2.64. The number of fused-ring (bicyclic) bond motifs is 1. The average Bonchev–Trinajstić information content (AvgIpc) is 2.26. The number of benzene rings is 1. The maximum Gasteiger partial charge on any atom is 0.0801 e. The minimum Gasteiger partial charge on any atom is -0.388 e. The van der Waals surface area contributed by atoms with Gasteiger partial charge in [-0.2, -0.15) is 0 Å². The lowest BCUT2D eigenvalue weighted by atomic mass is 9.85. The van der Waals surface area contributed by atoms with Gasteiger partial charge < -0.3 is 5.11 Å². The topological polar surface area (TPSA) is 20.2 Å². The van der Waals surface area contributed by atoms with E-state index in [9.17, 15) is 5.11 Å². The van der Waals surface area contributed by atoms with Gasteiger partial charge in [-0.05, 0) is 47.9 Å². The van der Waals surface area contributed by atoms with Crippen molar-refractivity contribution in [1.82, 2.24) is 0 Å². The smallest absolute Gasteiger partial charge is 0.0801 e. The first kappa shape index (κ1) is 9.72. The first-order chi connectivity index (χ1) is 6.42. The first-order valence-electron chi connectivity index (χ1n) is 5.21. The summed E-state index contributed by atoms with van der Waals surface area (Å²) < 4.78 is 0. The molecule has 76 valence electrons. The monoisotopic (exact) mass is 190 g/mol. The molecule has 1 aromatic carbocycles. The van der Waals surface area contributed by atoms with Crippen molar-refractivity contribution < 1.29 is 5.11 Å². The Hall–Kier alpha value is -0.820. The van der Waals surface area contributed by atoms with Crippen molar-refractivity contribution in [2.24, 2.45) is 0 Å². The van der Waals surface area contributed by atoms with Crippen LogP contribution in [0.2, 0.25) is 0 Å². The van der Waals surface area contributed by atoms with Gasteiger partial charge >= 0.3 is 0 Å². The Morgan fingerprint density at radius 1 is 1.21 bits per heavy atom. The molecular formula is C13H18O. The third kappa shape index (κ3) is 1.27. The second-order valence-corrected chi connectivity index (χ2v) is 5.13. The molecule has 0 unspecified atom stereocenters. The predicted octanol–water partition coefficient (Wildman–Crippen LogP) is 3.02. The molecule has 0 saturated carbocycles. The Morgan fingerprint density at radius 3 is 2.43 bits per heavy atom. The largest absolute Gasteiger partial charge is 0.388 e. The van der Waals surface area contributed by atoms with Gasteiger partial charge in [-0.1, -0.05) is 26.0 Å². The highest BCUT2D eigenvalue weighted by Crippen LogP contribution is 2.45. The summed E-state index contributed by atoms with van der Waals surface area (Å²) in [6.45, 7) is 8.65. The SMILES string of the molecule is Cc1cc2c(cc1C)C(C)(C)C[C@H]2O. The van der Waals surface area contributed by atoms with Gasteiger partial charge in [-0.3, -0.25) is 0 Å². The van der Waals surface area contributed by atoms with Gasteiger partial charge in [0.05, 0.1) is 6.10 Å². The summed E-state index contributed by atoms with van der Waals surface area (Å²) in [4.78, 5) is 0. The number of aliphatic hydroxyl groups is 1. The average molecular weight is 190 g/mol. The molecule has 0 radical (unpaired) electrons. The lowest BCUT2D eigenvalue weighted by molar-refractivity contribution is 0.161. The van der Waals surface area contributed by atoms with Crippen LogP contribution in [0.15, 0.2) is 12.1 Å². The quantitative estimate of drug-likeness (QED) is 0.666. The maximum atomic E-state index is 9.93. The summed E-state index contributed by atoms with van der Waals surface area (Å²) >= 11 is 0. The van der Waals surface area contributed by atoms with Crippen LogP contribution in [0.5, 0.6) is 0 Å². The highest BCUT2D eigenvalue weighted by molar-refractivity contribution is 5.45. The van der Waals surface area contributed by atoms with Gasteiger partial charge in [0.25, 0.3) is 0 Å². The fourth-order valence-electron chi connectivity index (χ4n) is 2.40. The van der Waals surface area contributed by atoms with Crippen LogP contribution in [0.25, 0.3) is 0 Å². The number of aliphatic hydroxyl groups excluding tert-OH is 1. The number of hydrogen-bond donors (Lipinski definition) is 1. The van der Waals surface area contributed by atoms with Gasteiger partial charge in [0, 0.05) is 0 Å². The molecule has 1 atom stereocenters. The number of aryl methyl sites for hydroxylation is 2. The van der Waals surface area contributed by atoms with E-state index in [1.807, 2.05) is 0 Å². The number of hydrogen-bond acceptors (Lipinski definition) is 1. The molecule has 0 spiro atoms. The molecule has 2 rings (SSSR count). The van der Waals surface area contributed by atoms with Crippen molar-refractivity contribution >= 4 is 0 Å². The van der Waals surface area contributed by atoms with E-state index in [-0.39, 0.29) is 11.5 Å². The molecule has 1 nitrogen and oxygen atoms in total. The zero-order chi connectivity index (χ0) is 10.5. The standard InChI is InChI=1S/C13H18O/c1-8-5-10-11(6-9(8)2)13(3,4)7-12(10)14/h5-6,12,14H,7H2,1-4H3/t12-/m1/s1. The molecule has 0 heterocycles. The molecule has 1 aromatic rings. The van der Waals surface area contributed by atoms with Gasteiger partial charge in [-0.15, -0.1) is 0 Å². The summed E-state index contributed by atoms with van der Waals surface area (Å²) in [5, 5.41) is 9.93. The molecule has 0 saturated heterocycles. The lowest BCUT2D eigenvalue weighted by Crippen LogP contribution is -2.12. The normalized spacial score (nSPS) is 23.6. The van der Waals surface area contributed by atoms with E-state index >= 15 is 0 Å². The highest BCUT2D eigenvalue weighted by atomic mass is 16.3. The molecule has 0 fully saturated rings. The maximum absolute atomic E-state index is 9.93. The number of rotatable bonds is 0. The minimum atomic E-state index is -0.265. The van der Waals surface area contributed by atoms with E-state index in [1.54, 1.807) is 0 Å². The third-order valence-corrected chi connectivity index (χ3v) is 3.46. The van der Waals surface area contributed by atoms with Crippen molar-refractivity contribution in [3.05, 3.63) is 34.4 Å². The predicted molar refractivity (Wildman–Crippen MR) is 58.5 cm³/mol. The van der Waals surface area contributed by atoms with E-state index in [4.69, 9.17) is 0 Å². The Labute approximate surface area is 85.8 Å². The van der Waals surface area contributed by atoms with Crippen LogP contribution in [-0.4, -0.2) is 5.11 Å². The van der Waals surface area contributed by atoms with Crippen molar-refractivity contribution in [3.8, 4) is 0 Å².